The highest BCUT2D eigenvalue weighted by Gasteiger charge is 2.22. The molecule has 0 saturated heterocycles. The number of anilines is 1. The van der Waals surface area contributed by atoms with Crippen LogP contribution >= 0.6 is 0 Å². The Morgan fingerprint density at radius 2 is 2.14 bits per heavy atom. The highest BCUT2D eigenvalue weighted by atomic mass is 16.6. The second kappa shape index (κ2) is 8.16. The van der Waals surface area contributed by atoms with Gasteiger partial charge in [0, 0.05) is 30.2 Å². The molecule has 10 heteroatoms. The molecule has 1 atom stereocenters. The zero-order chi connectivity index (χ0) is 20.1. The van der Waals surface area contributed by atoms with Crippen molar-refractivity contribution in [3.8, 4) is 0 Å². The SMILES string of the molecule is CC(OC(=O)c1ccc(Cn2cccn2)o1)C(=O)Nc1cccc([N+](=O)[O-])c1. The minimum atomic E-state index is -1.13. The Kier molecular flexibility index (Phi) is 5.49. The quantitative estimate of drug-likeness (QED) is 0.376. The maximum Gasteiger partial charge on any atom is 0.375 e. The van der Waals surface area contributed by atoms with Crippen LogP contribution in [-0.4, -0.2) is 32.7 Å². The summed E-state index contributed by atoms with van der Waals surface area (Å²) in [5, 5.41) is 17.3. The van der Waals surface area contributed by atoms with E-state index in [2.05, 4.69) is 10.4 Å². The number of aromatic nitrogens is 2. The van der Waals surface area contributed by atoms with Crippen LogP contribution in [0.5, 0.6) is 0 Å². The molecule has 0 bridgehead atoms. The lowest BCUT2D eigenvalue weighted by molar-refractivity contribution is -0.384. The number of hydrogen-bond donors (Lipinski definition) is 1. The number of non-ortho nitro benzene ring substituents is 1. The molecule has 144 valence electrons. The molecule has 0 spiro atoms. The normalized spacial score (nSPS) is 11.6. The Labute approximate surface area is 158 Å². The van der Waals surface area contributed by atoms with E-state index in [1.54, 1.807) is 29.2 Å². The molecule has 0 aliphatic heterocycles. The third-order valence-corrected chi connectivity index (χ3v) is 3.72. The number of nitrogens with one attached hydrogen (secondary N) is 1. The molecule has 0 radical (unpaired) electrons. The summed E-state index contributed by atoms with van der Waals surface area (Å²) in [6.45, 7) is 1.74. The van der Waals surface area contributed by atoms with E-state index in [4.69, 9.17) is 9.15 Å². The number of hydrogen-bond acceptors (Lipinski definition) is 7. The van der Waals surface area contributed by atoms with Gasteiger partial charge >= 0.3 is 5.97 Å². The fourth-order valence-corrected chi connectivity index (χ4v) is 2.34. The molecule has 0 aliphatic carbocycles. The van der Waals surface area contributed by atoms with Gasteiger partial charge in [-0.25, -0.2) is 4.79 Å². The van der Waals surface area contributed by atoms with Crippen molar-refractivity contribution in [2.45, 2.75) is 19.6 Å². The Bertz CT molecular complexity index is 995. The summed E-state index contributed by atoms with van der Waals surface area (Å²) in [6.07, 6.45) is 2.24. The number of carbonyl (C=O) groups excluding carboxylic acids is 2. The van der Waals surface area contributed by atoms with Crippen molar-refractivity contribution in [2.24, 2.45) is 0 Å². The van der Waals surface area contributed by atoms with Crippen molar-refractivity contribution < 1.29 is 23.7 Å². The van der Waals surface area contributed by atoms with E-state index in [0.717, 1.165) is 0 Å². The lowest BCUT2D eigenvalue weighted by Crippen LogP contribution is -2.29. The Morgan fingerprint density at radius 1 is 1.32 bits per heavy atom. The third-order valence-electron chi connectivity index (χ3n) is 3.72. The molecule has 10 nitrogen and oxygen atoms in total. The van der Waals surface area contributed by atoms with Gasteiger partial charge in [0.15, 0.2) is 6.10 Å². The lowest BCUT2D eigenvalue weighted by atomic mass is 10.2. The smallest absolute Gasteiger partial charge is 0.375 e. The number of carbonyl (C=O) groups is 2. The molecule has 2 heterocycles. The maximum atomic E-state index is 12.2. The van der Waals surface area contributed by atoms with E-state index in [1.165, 1.54) is 37.3 Å². The van der Waals surface area contributed by atoms with Crippen LogP contribution in [0.3, 0.4) is 0 Å². The predicted molar refractivity (Wildman–Crippen MR) is 96.6 cm³/mol. The first-order valence-corrected chi connectivity index (χ1v) is 8.25. The number of nitrogens with zero attached hydrogens (tertiary/aromatic N) is 3. The van der Waals surface area contributed by atoms with Gasteiger partial charge in [0.2, 0.25) is 5.76 Å². The average Bonchev–Trinajstić information content (AvgIpc) is 3.34. The van der Waals surface area contributed by atoms with Gasteiger partial charge in [-0.2, -0.15) is 5.10 Å². The molecule has 1 aromatic carbocycles. The summed E-state index contributed by atoms with van der Waals surface area (Å²) in [5.74, 6) is -0.966. The summed E-state index contributed by atoms with van der Waals surface area (Å²) < 4.78 is 12.1. The van der Waals surface area contributed by atoms with E-state index in [0.29, 0.717) is 12.3 Å². The van der Waals surface area contributed by atoms with E-state index >= 15 is 0 Å². The van der Waals surface area contributed by atoms with Crippen LogP contribution in [0.4, 0.5) is 11.4 Å². The minimum absolute atomic E-state index is 0.0443. The first-order valence-electron chi connectivity index (χ1n) is 8.25. The fraction of sp³-hybridized carbons (Fsp3) is 0.167. The zero-order valence-corrected chi connectivity index (χ0v) is 14.8. The van der Waals surface area contributed by atoms with Crippen molar-refractivity contribution in [3.63, 3.8) is 0 Å². The maximum absolute atomic E-state index is 12.2. The van der Waals surface area contributed by atoms with Crippen molar-refractivity contribution in [3.05, 3.63) is 76.5 Å². The number of furan rings is 1. The van der Waals surface area contributed by atoms with Crippen molar-refractivity contribution in [2.75, 3.05) is 5.32 Å². The summed E-state index contributed by atoms with van der Waals surface area (Å²) in [6, 6.07) is 10.3. The predicted octanol–water partition coefficient (Wildman–Crippen LogP) is 2.62. The first kappa shape index (κ1) is 18.8. The van der Waals surface area contributed by atoms with E-state index in [1.807, 2.05) is 0 Å². The number of rotatable bonds is 7. The summed E-state index contributed by atoms with van der Waals surface area (Å²) in [7, 11) is 0. The molecule has 3 aromatic rings. The van der Waals surface area contributed by atoms with Crippen LogP contribution in [0.2, 0.25) is 0 Å². The van der Waals surface area contributed by atoms with Crippen LogP contribution in [0, 0.1) is 10.1 Å². The second-order valence-electron chi connectivity index (χ2n) is 5.81. The van der Waals surface area contributed by atoms with Gasteiger partial charge in [0.05, 0.1) is 11.5 Å². The molecule has 0 aliphatic rings. The van der Waals surface area contributed by atoms with Crippen LogP contribution in [0.25, 0.3) is 0 Å². The second-order valence-corrected chi connectivity index (χ2v) is 5.81. The molecule has 3 rings (SSSR count). The summed E-state index contributed by atoms with van der Waals surface area (Å²) in [4.78, 5) is 34.6. The summed E-state index contributed by atoms with van der Waals surface area (Å²) in [5.41, 5.74) is 0.0596. The molecule has 0 fully saturated rings. The third kappa shape index (κ3) is 4.61. The highest BCUT2D eigenvalue weighted by Crippen LogP contribution is 2.18. The number of amides is 1. The average molecular weight is 384 g/mol. The number of esters is 1. The number of nitro benzene ring substituents is 1. The van der Waals surface area contributed by atoms with Gasteiger partial charge in [-0.15, -0.1) is 0 Å². The van der Waals surface area contributed by atoms with Crippen LogP contribution in [0.15, 0.2) is 59.3 Å². The number of benzene rings is 1. The zero-order valence-electron chi connectivity index (χ0n) is 14.8. The molecule has 1 amide bonds. The van der Waals surface area contributed by atoms with E-state index < -0.39 is 22.9 Å². The molecule has 28 heavy (non-hydrogen) atoms. The van der Waals surface area contributed by atoms with Gasteiger partial charge < -0.3 is 14.5 Å². The van der Waals surface area contributed by atoms with Gasteiger partial charge in [-0.1, -0.05) is 6.07 Å². The Morgan fingerprint density at radius 3 is 2.86 bits per heavy atom. The molecule has 0 saturated carbocycles. The van der Waals surface area contributed by atoms with Crippen LogP contribution in [0.1, 0.15) is 23.2 Å². The van der Waals surface area contributed by atoms with Crippen molar-refractivity contribution in [1.29, 1.82) is 0 Å². The van der Waals surface area contributed by atoms with Crippen molar-refractivity contribution in [1.82, 2.24) is 9.78 Å². The standard InChI is InChI=1S/C18H16N4O6/c1-12(17(23)20-13-4-2-5-14(10-13)22(25)26)27-18(24)16-7-6-15(28-16)11-21-9-3-8-19-21/h2-10,12H,11H2,1H3,(H,20,23). The monoisotopic (exact) mass is 384 g/mol. The molecule has 2 aromatic heterocycles. The van der Waals surface area contributed by atoms with Crippen molar-refractivity contribution >= 4 is 23.3 Å². The van der Waals surface area contributed by atoms with Crippen LogP contribution < -0.4 is 5.32 Å². The molecule has 1 N–H and O–H groups in total. The summed E-state index contributed by atoms with van der Waals surface area (Å²) >= 11 is 0. The Balaban J connectivity index is 1.57. The van der Waals surface area contributed by atoms with Crippen LogP contribution in [-0.2, 0) is 16.1 Å². The lowest BCUT2D eigenvalue weighted by Gasteiger charge is -2.12. The highest BCUT2D eigenvalue weighted by molar-refractivity contribution is 5.96. The molecular formula is C18H16N4O6. The van der Waals surface area contributed by atoms with E-state index in [9.17, 15) is 19.7 Å². The molecular weight excluding hydrogens is 368 g/mol. The number of nitro groups is 1. The Hall–Kier alpha value is -3.95. The van der Waals surface area contributed by atoms with Gasteiger partial charge in [0.25, 0.3) is 11.6 Å². The van der Waals surface area contributed by atoms with E-state index in [-0.39, 0.29) is 17.1 Å². The fourth-order valence-electron chi connectivity index (χ4n) is 2.34. The first-order chi connectivity index (χ1) is 13.4. The van der Waals surface area contributed by atoms with Gasteiger partial charge in [0.1, 0.15) is 5.76 Å². The molecule has 1 unspecified atom stereocenters. The largest absolute Gasteiger partial charge is 0.452 e. The van der Waals surface area contributed by atoms with Gasteiger partial charge in [-0.05, 0) is 31.2 Å². The number of ether oxygens (including phenoxy) is 1. The minimum Gasteiger partial charge on any atom is -0.452 e. The van der Waals surface area contributed by atoms with Gasteiger partial charge in [-0.3, -0.25) is 19.6 Å². The topological polar surface area (TPSA) is 130 Å².